The molecule has 0 bridgehead atoms. The number of hydrogen-bond acceptors (Lipinski definition) is 5. The molecule has 0 radical (unpaired) electrons. The Morgan fingerprint density at radius 1 is 1.26 bits per heavy atom. The number of morpholine rings is 1. The maximum atomic E-state index is 13.2. The number of hydrogen-bond donors (Lipinski definition) is 1. The summed E-state index contributed by atoms with van der Waals surface area (Å²) in [7, 11) is 1.60. The first-order valence-corrected chi connectivity index (χ1v) is 10.4. The highest BCUT2D eigenvalue weighted by Gasteiger charge is 2.25. The van der Waals surface area contributed by atoms with E-state index in [0.717, 1.165) is 28.7 Å². The molecule has 162 valence electrons. The van der Waals surface area contributed by atoms with Crippen LogP contribution in [0, 0.1) is 5.82 Å². The molecular weight excluding hydrogens is 397 g/mol. The first kappa shape index (κ1) is 21.4. The standard InChI is InChI=1S/C24H26FN3O3/c1-30-12-10-26-24(29)20-14-22(27-21-5-3-2-4-19(20)21)23-16-28(11-13-31-23)15-17-6-8-18(25)9-7-17/h2-9,14,23H,10-13,15-16H2,1H3,(H,26,29)/t23-/m1/s1. The average Bonchev–Trinajstić information content (AvgIpc) is 2.80. The van der Waals surface area contributed by atoms with Crippen LogP contribution in [0.2, 0.25) is 0 Å². The summed E-state index contributed by atoms with van der Waals surface area (Å²) in [6, 6.07) is 16.0. The van der Waals surface area contributed by atoms with Crippen molar-refractivity contribution in [1.29, 1.82) is 0 Å². The van der Waals surface area contributed by atoms with Crippen LogP contribution in [0.3, 0.4) is 0 Å². The lowest BCUT2D eigenvalue weighted by atomic mass is 10.0. The lowest BCUT2D eigenvalue weighted by molar-refractivity contribution is -0.0348. The predicted molar refractivity (Wildman–Crippen MR) is 116 cm³/mol. The lowest BCUT2D eigenvalue weighted by Crippen LogP contribution is -2.38. The maximum Gasteiger partial charge on any atom is 0.252 e. The molecule has 1 saturated heterocycles. The van der Waals surface area contributed by atoms with E-state index in [1.165, 1.54) is 12.1 Å². The summed E-state index contributed by atoms with van der Waals surface area (Å²) in [6.07, 6.45) is -0.246. The van der Waals surface area contributed by atoms with Crippen LogP contribution in [0.5, 0.6) is 0 Å². The summed E-state index contributed by atoms with van der Waals surface area (Å²) in [5.41, 5.74) is 3.12. The molecule has 0 spiro atoms. The van der Waals surface area contributed by atoms with Crippen LogP contribution in [0.4, 0.5) is 4.39 Å². The monoisotopic (exact) mass is 423 g/mol. The number of halogens is 1. The fourth-order valence-corrected chi connectivity index (χ4v) is 3.78. The Labute approximate surface area is 181 Å². The molecule has 0 unspecified atom stereocenters. The molecule has 31 heavy (non-hydrogen) atoms. The van der Waals surface area contributed by atoms with Gasteiger partial charge in [-0.05, 0) is 29.8 Å². The number of carbonyl (C=O) groups is 1. The number of methoxy groups -OCH3 is 1. The molecule has 1 atom stereocenters. The van der Waals surface area contributed by atoms with E-state index < -0.39 is 0 Å². The number of carbonyl (C=O) groups excluding carboxylic acids is 1. The fourth-order valence-electron chi connectivity index (χ4n) is 3.78. The van der Waals surface area contributed by atoms with E-state index in [1.807, 2.05) is 30.3 Å². The minimum absolute atomic E-state index is 0.157. The Bertz CT molecular complexity index is 1040. The van der Waals surface area contributed by atoms with E-state index in [2.05, 4.69) is 10.2 Å². The second-order valence-electron chi connectivity index (χ2n) is 7.58. The van der Waals surface area contributed by atoms with E-state index in [-0.39, 0.29) is 17.8 Å². The van der Waals surface area contributed by atoms with Crippen LogP contribution in [0.15, 0.2) is 54.6 Å². The van der Waals surface area contributed by atoms with Gasteiger partial charge in [-0.25, -0.2) is 9.37 Å². The third kappa shape index (κ3) is 5.25. The number of benzene rings is 2. The Hall–Kier alpha value is -2.87. The Balaban J connectivity index is 1.56. The molecule has 1 aliphatic heterocycles. The molecule has 7 heteroatoms. The van der Waals surface area contributed by atoms with Crippen LogP contribution in [0.1, 0.15) is 27.7 Å². The molecule has 2 aromatic carbocycles. The van der Waals surface area contributed by atoms with Gasteiger partial charge in [-0.2, -0.15) is 0 Å². The molecule has 1 aliphatic rings. The van der Waals surface area contributed by atoms with Gasteiger partial charge in [-0.3, -0.25) is 9.69 Å². The van der Waals surface area contributed by atoms with Crippen molar-refractivity contribution >= 4 is 16.8 Å². The summed E-state index contributed by atoms with van der Waals surface area (Å²) >= 11 is 0. The highest BCUT2D eigenvalue weighted by molar-refractivity contribution is 6.06. The van der Waals surface area contributed by atoms with Crippen LogP contribution in [0.25, 0.3) is 10.9 Å². The summed E-state index contributed by atoms with van der Waals surface area (Å²) in [5.74, 6) is -0.392. The number of amides is 1. The second kappa shape index (κ2) is 9.96. The van der Waals surface area contributed by atoms with Crippen molar-refractivity contribution in [1.82, 2.24) is 15.2 Å². The lowest BCUT2D eigenvalue weighted by Gasteiger charge is -2.33. The topological polar surface area (TPSA) is 63.7 Å². The minimum Gasteiger partial charge on any atom is -0.383 e. The van der Waals surface area contributed by atoms with E-state index in [4.69, 9.17) is 14.5 Å². The second-order valence-corrected chi connectivity index (χ2v) is 7.58. The van der Waals surface area contributed by atoms with Crippen LogP contribution < -0.4 is 5.32 Å². The van der Waals surface area contributed by atoms with Crippen molar-refractivity contribution in [3.63, 3.8) is 0 Å². The number of pyridine rings is 1. The van der Waals surface area contributed by atoms with Gasteiger partial charge in [0.25, 0.3) is 5.91 Å². The number of fused-ring (bicyclic) bond motifs is 1. The smallest absolute Gasteiger partial charge is 0.252 e. The SMILES string of the molecule is COCCNC(=O)c1cc([C@H]2CN(Cc3ccc(F)cc3)CCO2)nc2ccccc12. The average molecular weight is 423 g/mol. The molecule has 4 rings (SSSR count). The highest BCUT2D eigenvalue weighted by Crippen LogP contribution is 2.26. The zero-order valence-corrected chi connectivity index (χ0v) is 17.5. The maximum absolute atomic E-state index is 13.2. The van der Waals surface area contributed by atoms with Crippen molar-refractivity contribution in [3.05, 3.63) is 77.2 Å². The van der Waals surface area contributed by atoms with Crippen LogP contribution >= 0.6 is 0 Å². The molecule has 3 aromatic rings. The van der Waals surface area contributed by atoms with Crippen molar-refractivity contribution in [2.24, 2.45) is 0 Å². The van der Waals surface area contributed by atoms with Crippen molar-refractivity contribution < 1.29 is 18.7 Å². The van der Waals surface area contributed by atoms with Gasteiger partial charge in [-0.15, -0.1) is 0 Å². The molecule has 0 aliphatic carbocycles. The summed E-state index contributed by atoms with van der Waals surface area (Å²) in [5, 5.41) is 3.70. The van der Waals surface area contributed by atoms with Gasteiger partial charge in [0.2, 0.25) is 0 Å². The summed E-state index contributed by atoms with van der Waals surface area (Å²) < 4.78 is 24.2. The van der Waals surface area contributed by atoms with Gasteiger partial charge in [0.15, 0.2) is 0 Å². The zero-order chi connectivity index (χ0) is 21.6. The molecule has 1 N–H and O–H groups in total. The van der Waals surface area contributed by atoms with Crippen molar-refractivity contribution in [2.45, 2.75) is 12.6 Å². The Morgan fingerprint density at radius 3 is 2.87 bits per heavy atom. The number of nitrogens with zero attached hydrogens (tertiary/aromatic N) is 2. The quantitative estimate of drug-likeness (QED) is 0.591. The molecule has 1 amide bonds. The summed E-state index contributed by atoms with van der Waals surface area (Å²) in [6.45, 7) is 3.59. The van der Waals surface area contributed by atoms with Crippen molar-refractivity contribution in [2.75, 3.05) is 40.0 Å². The van der Waals surface area contributed by atoms with Gasteiger partial charge in [0.05, 0.1) is 30.0 Å². The van der Waals surface area contributed by atoms with Gasteiger partial charge in [0.1, 0.15) is 11.9 Å². The normalized spacial score (nSPS) is 17.0. The van der Waals surface area contributed by atoms with E-state index in [9.17, 15) is 9.18 Å². The molecule has 2 heterocycles. The van der Waals surface area contributed by atoms with Gasteiger partial charge in [0, 0.05) is 38.7 Å². The molecular formula is C24H26FN3O3. The predicted octanol–water partition coefficient (Wildman–Crippen LogP) is 3.32. The first-order chi connectivity index (χ1) is 15.1. The molecule has 1 aromatic heterocycles. The highest BCUT2D eigenvalue weighted by atomic mass is 19.1. The van der Waals surface area contributed by atoms with E-state index in [1.54, 1.807) is 19.2 Å². The third-order valence-corrected chi connectivity index (χ3v) is 5.37. The first-order valence-electron chi connectivity index (χ1n) is 10.4. The van der Waals surface area contributed by atoms with Crippen LogP contribution in [-0.4, -0.2) is 55.7 Å². The number of rotatable bonds is 7. The van der Waals surface area contributed by atoms with Crippen LogP contribution in [-0.2, 0) is 16.0 Å². The number of para-hydroxylation sites is 1. The third-order valence-electron chi connectivity index (χ3n) is 5.37. The zero-order valence-electron chi connectivity index (χ0n) is 17.5. The number of ether oxygens (including phenoxy) is 2. The fraction of sp³-hybridized carbons (Fsp3) is 0.333. The van der Waals surface area contributed by atoms with Crippen molar-refractivity contribution in [3.8, 4) is 0 Å². The number of aromatic nitrogens is 1. The minimum atomic E-state index is -0.246. The van der Waals surface area contributed by atoms with E-state index in [0.29, 0.717) is 38.4 Å². The van der Waals surface area contributed by atoms with E-state index >= 15 is 0 Å². The molecule has 0 saturated carbocycles. The summed E-state index contributed by atoms with van der Waals surface area (Å²) in [4.78, 5) is 19.9. The van der Waals surface area contributed by atoms with Gasteiger partial charge >= 0.3 is 0 Å². The van der Waals surface area contributed by atoms with Gasteiger partial charge in [-0.1, -0.05) is 30.3 Å². The molecule has 6 nitrogen and oxygen atoms in total. The largest absolute Gasteiger partial charge is 0.383 e. The Kier molecular flexibility index (Phi) is 6.86. The number of nitrogens with one attached hydrogen (secondary N) is 1. The molecule has 1 fully saturated rings. The van der Waals surface area contributed by atoms with Gasteiger partial charge < -0.3 is 14.8 Å². The Morgan fingerprint density at radius 2 is 2.06 bits per heavy atom.